The van der Waals surface area contributed by atoms with Crippen LogP contribution < -0.4 is 5.32 Å². The fourth-order valence-electron chi connectivity index (χ4n) is 2.35. The molecule has 0 aliphatic carbocycles. The predicted octanol–water partition coefficient (Wildman–Crippen LogP) is 6.47. The number of aromatic nitrogens is 1. The van der Waals surface area contributed by atoms with Crippen molar-refractivity contribution in [2.75, 3.05) is 5.32 Å². The molecule has 3 rings (SSSR count). The van der Waals surface area contributed by atoms with Crippen molar-refractivity contribution in [3.8, 4) is 0 Å². The minimum absolute atomic E-state index is 0.0950. The number of carbonyl (C=O) groups excluding carboxylic acids is 1. The van der Waals surface area contributed by atoms with Gasteiger partial charge in [0.2, 0.25) is 0 Å². The number of rotatable bonds is 2. The lowest BCUT2D eigenvalue weighted by molar-refractivity contribution is -0.137. The van der Waals surface area contributed by atoms with E-state index in [2.05, 4.69) is 10.3 Å². The SMILES string of the molecule is O=C(Nc1c(Cl)cc(Cl)c2cccnc12)c1cc(C(F)(F)F)ccc1Cl. The number of anilines is 1. The molecular weight excluding hydrogens is 412 g/mol. The number of hydrogen-bond acceptors (Lipinski definition) is 2. The molecule has 9 heteroatoms. The van der Waals surface area contributed by atoms with E-state index >= 15 is 0 Å². The molecule has 0 unspecified atom stereocenters. The molecule has 0 fully saturated rings. The Labute approximate surface area is 160 Å². The van der Waals surface area contributed by atoms with Gasteiger partial charge in [-0.15, -0.1) is 0 Å². The molecule has 0 bridgehead atoms. The van der Waals surface area contributed by atoms with Gasteiger partial charge in [-0.1, -0.05) is 34.8 Å². The monoisotopic (exact) mass is 418 g/mol. The second-order valence-corrected chi connectivity index (χ2v) is 6.48. The number of halogens is 6. The molecular formula is C17H8Cl3F3N2O. The van der Waals surface area contributed by atoms with Crippen LogP contribution in [0.5, 0.6) is 0 Å². The Morgan fingerprint density at radius 3 is 2.42 bits per heavy atom. The topological polar surface area (TPSA) is 42.0 Å². The van der Waals surface area contributed by atoms with Gasteiger partial charge in [0.05, 0.1) is 37.4 Å². The summed E-state index contributed by atoms with van der Waals surface area (Å²) in [4.78, 5) is 16.6. The number of carbonyl (C=O) groups is 1. The summed E-state index contributed by atoms with van der Waals surface area (Å²) < 4.78 is 38.7. The summed E-state index contributed by atoms with van der Waals surface area (Å²) in [6.45, 7) is 0. The first-order chi connectivity index (χ1) is 12.2. The van der Waals surface area contributed by atoms with Crippen molar-refractivity contribution in [2.45, 2.75) is 6.18 Å². The normalized spacial score (nSPS) is 11.6. The molecule has 0 radical (unpaired) electrons. The molecule has 0 saturated heterocycles. The van der Waals surface area contributed by atoms with Gasteiger partial charge in [0, 0.05) is 11.6 Å². The Kier molecular flexibility index (Phi) is 5.01. The van der Waals surface area contributed by atoms with Gasteiger partial charge >= 0.3 is 6.18 Å². The Morgan fingerprint density at radius 1 is 1.00 bits per heavy atom. The molecule has 1 heterocycles. The quantitative estimate of drug-likeness (QED) is 0.517. The summed E-state index contributed by atoms with van der Waals surface area (Å²) in [5, 5.41) is 3.30. The maximum absolute atomic E-state index is 12.9. The zero-order valence-corrected chi connectivity index (χ0v) is 14.9. The zero-order valence-electron chi connectivity index (χ0n) is 12.7. The summed E-state index contributed by atoms with van der Waals surface area (Å²) >= 11 is 18.1. The molecule has 3 aromatic rings. The summed E-state index contributed by atoms with van der Waals surface area (Å²) in [7, 11) is 0. The highest BCUT2D eigenvalue weighted by Gasteiger charge is 2.31. The van der Waals surface area contributed by atoms with E-state index in [0.717, 1.165) is 12.1 Å². The standard InChI is InChI=1S/C17H8Cl3F3N2O/c18-11-4-3-8(17(21,22)23)6-10(11)16(26)25-15-13(20)7-12(19)9-2-1-5-24-14(9)15/h1-7H,(H,25,26). The third-order valence-electron chi connectivity index (χ3n) is 3.57. The lowest BCUT2D eigenvalue weighted by Crippen LogP contribution is -2.15. The van der Waals surface area contributed by atoms with Crippen molar-refractivity contribution >= 4 is 57.3 Å². The predicted molar refractivity (Wildman–Crippen MR) is 96.2 cm³/mol. The van der Waals surface area contributed by atoms with Crippen LogP contribution in [0.3, 0.4) is 0 Å². The second-order valence-electron chi connectivity index (χ2n) is 5.26. The van der Waals surface area contributed by atoms with Gasteiger partial charge in [-0.3, -0.25) is 9.78 Å². The molecule has 2 aromatic carbocycles. The Bertz CT molecular complexity index is 1020. The lowest BCUT2D eigenvalue weighted by atomic mass is 10.1. The molecule has 0 saturated carbocycles. The number of pyridine rings is 1. The van der Waals surface area contributed by atoms with Crippen LogP contribution in [-0.4, -0.2) is 10.9 Å². The van der Waals surface area contributed by atoms with Crippen LogP contribution in [0.1, 0.15) is 15.9 Å². The number of alkyl halides is 3. The van der Waals surface area contributed by atoms with Gasteiger partial charge in [0.25, 0.3) is 5.91 Å². The molecule has 134 valence electrons. The minimum atomic E-state index is -4.61. The average Bonchev–Trinajstić information content (AvgIpc) is 2.57. The van der Waals surface area contributed by atoms with E-state index in [1.807, 2.05) is 0 Å². The van der Waals surface area contributed by atoms with Crippen LogP contribution in [0.15, 0.2) is 42.6 Å². The van der Waals surface area contributed by atoms with Crippen molar-refractivity contribution in [2.24, 2.45) is 0 Å². The first-order valence-corrected chi connectivity index (χ1v) is 8.22. The van der Waals surface area contributed by atoms with E-state index in [0.29, 0.717) is 22.0 Å². The maximum Gasteiger partial charge on any atom is 0.416 e. The number of fused-ring (bicyclic) bond motifs is 1. The Morgan fingerprint density at radius 2 is 1.73 bits per heavy atom. The van der Waals surface area contributed by atoms with Crippen LogP contribution in [0.4, 0.5) is 18.9 Å². The molecule has 3 nitrogen and oxygen atoms in total. The molecule has 0 spiro atoms. The van der Waals surface area contributed by atoms with Gasteiger partial charge < -0.3 is 5.32 Å². The number of hydrogen-bond donors (Lipinski definition) is 1. The van der Waals surface area contributed by atoms with Gasteiger partial charge in [-0.25, -0.2) is 0 Å². The van der Waals surface area contributed by atoms with E-state index in [9.17, 15) is 18.0 Å². The van der Waals surface area contributed by atoms with Crippen LogP contribution >= 0.6 is 34.8 Å². The van der Waals surface area contributed by atoms with Crippen molar-refractivity contribution in [1.29, 1.82) is 0 Å². The number of nitrogens with zero attached hydrogens (tertiary/aromatic N) is 1. The highest BCUT2D eigenvalue weighted by molar-refractivity contribution is 6.41. The van der Waals surface area contributed by atoms with Crippen LogP contribution in [0.2, 0.25) is 15.1 Å². The van der Waals surface area contributed by atoms with Crippen LogP contribution in [-0.2, 0) is 6.18 Å². The largest absolute Gasteiger partial charge is 0.416 e. The summed E-state index contributed by atoms with van der Waals surface area (Å²) in [6, 6.07) is 7.23. The molecule has 0 aliphatic rings. The highest BCUT2D eigenvalue weighted by Crippen LogP contribution is 2.36. The molecule has 0 atom stereocenters. The number of amides is 1. The third kappa shape index (κ3) is 3.58. The fraction of sp³-hybridized carbons (Fsp3) is 0.0588. The van der Waals surface area contributed by atoms with E-state index < -0.39 is 17.6 Å². The van der Waals surface area contributed by atoms with Crippen molar-refractivity contribution in [1.82, 2.24) is 4.98 Å². The highest BCUT2D eigenvalue weighted by atomic mass is 35.5. The first-order valence-electron chi connectivity index (χ1n) is 7.09. The van der Waals surface area contributed by atoms with E-state index in [1.54, 1.807) is 12.1 Å². The summed E-state index contributed by atoms with van der Waals surface area (Å²) in [6.07, 6.45) is -3.13. The third-order valence-corrected chi connectivity index (χ3v) is 4.51. The lowest BCUT2D eigenvalue weighted by Gasteiger charge is -2.13. The molecule has 26 heavy (non-hydrogen) atoms. The van der Waals surface area contributed by atoms with Crippen LogP contribution in [0.25, 0.3) is 10.9 Å². The van der Waals surface area contributed by atoms with Gasteiger partial charge in [-0.2, -0.15) is 13.2 Å². The van der Waals surface area contributed by atoms with Gasteiger partial charge in [-0.05, 0) is 36.4 Å². The van der Waals surface area contributed by atoms with E-state index in [-0.39, 0.29) is 21.3 Å². The van der Waals surface area contributed by atoms with Crippen molar-refractivity contribution < 1.29 is 18.0 Å². The van der Waals surface area contributed by atoms with E-state index in [4.69, 9.17) is 34.8 Å². The average molecular weight is 420 g/mol. The molecule has 1 aromatic heterocycles. The Hall–Kier alpha value is -2.02. The fourth-order valence-corrected chi connectivity index (χ4v) is 3.11. The van der Waals surface area contributed by atoms with Gasteiger partial charge in [0.1, 0.15) is 0 Å². The minimum Gasteiger partial charge on any atom is -0.319 e. The molecule has 0 aliphatic heterocycles. The number of benzene rings is 2. The van der Waals surface area contributed by atoms with Crippen molar-refractivity contribution in [3.05, 3.63) is 68.8 Å². The summed E-state index contributed by atoms with van der Waals surface area (Å²) in [5.74, 6) is -0.850. The van der Waals surface area contributed by atoms with Gasteiger partial charge in [0.15, 0.2) is 0 Å². The maximum atomic E-state index is 12.9. The Balaban J connectivity index is 2.06. The smallest absolute Gasteiger partial charge is 0.319 e. The molecule has 1 N–H and O–H groups in total. The van der Waals surface area contributed by atoms with E-state index in [1.165, 1.54) is 12.3 Å². The number of nitrogens with one attached hydrogen (secondary N) is 1. The zero-order chi connectivity index (χ0) is 19.1. The summed E-state index contributed by atoms with van der Waals surface area (Å²) in [5.41, 5.74) is -0.889. The first kappa shape index (κ1) is 18.8. The van der Waals surface area contributed by atoms with Crippen LogP contribution in [0, 0.1) is 0 Å². The van der Waals surface area contributed by atoms with Crippen molar-refractivity contribution in [3.63, 3.8) is 0 Å². The molecule has 1 amide bonds. The second kappa shape index (κ2) is 6.95.